The normalized spacial score (nSPS) is 16.7. The van der Waals surface area contributed by atoms with Crippen LogP contribution in [0.2, 0.25) is 0 Å². The number of nitrogens with one attached hydrogen (secondary N) is 2. The van der Waals surface area contributed by atoms with Crippen LogP contribution >= 0.6 is 0 Å². The van der Waals surface area contributed by atoms with Gasteiger partial charge in [0.25, 0.3) is 5.91 Å². The fraction of sp³-hybridized carbons (Fsp3) is 0.423. The summed E-state index contributed by atoms with van der Waals surface area (Å²) in [6.45, 7) is 2.27. The van der Waals surface area contributed by atoms with E-state index in [0.29, 0.717) is 24.0 Å². The van der Waals surface area contributed by atoms with E-state index >= 15 is 0 Å². The lowest BCUT2D eigenvalue weighted by Crippen LogP contribution is -2.53. The first-order chi connectivity index (χ1) is 17.5. The van der Waals surface area contributed by atoms with E-state index in [4.69, 9.17) is 5.73 Å². The molecule has 0 spiro atoms. The van der Waals surface area contributed by atoms with E-state index in [9.17, 15) is 41.2 Å². The van der Waals surface area contributed by atoms with Gasteiger partial charge < -0.3 is 11.1 Å². The van der Waals surface area contributed by atoms with Gasteiger partial charge in [0.2, 0.25) is 5.91 Å². The minimum atomic E-state index is -4.87. The predicted octanol–water partition coefficient (Wildman–Crippen LogP) is 4.80. The fourth-order valence-corrected chi connectivity index (χ4v) is 3.89. The molecule has 0 aromatic heterocycles. The van der Waals surface area contributed by atoms with Gasteiger partial charge in [-0.05, 0) is 43.4 Å². The predicted molar refractivity (Wildman–Crippen MR) is 126 cm³/mol. The van der Waals surface area contributed by atoms with E-state index in [1.807, 2.05) is 6.07 Å². The number of nitrogens with zero attached hydrogens (tertiary/aromatic N) is 1. The SMILES string of the molecule is CC(C)(F)C[C@H](N[C@@H](c1ccc(-c2ccc(C(F)(F)C(N)=O)cc2)cc1)C(F)(F)F)C(=O)NC1(C#N)CC1. The van der Waals surface area contributed by atoms with Crippen LogP contribution in [-0.2, 0) is 15.5 Å². The third-order valence-corrected chi connectivity index (χ3v) is 6.16. The molecule has 38 heavy (non-hydrogen) atoms. The number of primary amides is 1. The third kappa shape index (κ3) is 6.83. The summed E-state index contributed by atoms with van der Waals surface area (Å²) in [7, 11) is 0. The molecule has 1 saturated carbocycles. The molecule has 3 rings (SSSR count). The number of amides is 2. The van der Waals surface area contributed by atoms with Crippen LogP contribution in [0.5, 0.6) is 0 Å². The maximum atomic E-state index is 14.4. The maximum Gasteiger partial charge on any atom is 0.407 e. The number of hydrogen-bond donors (Lipinski definition) is 3. The highest BCUT2D eigenvalue weighted by Gasteiger charge is 2.48. The summed E-state index contributed by atoms with van der Waals surface area (Å²) in [5, 5.41) is 13.9. The van der Waals surface area contributed by atoms with E-state index in [0.717, 1.165) is 38.1 Å². The topological polar surface area (TPSA) is 108 Å². The number of alkyl halides is 6. The smallest absolute Gasteiger partial charge is 0.364 e. The van der Waals surface area contributed by atoms with E-state index in [1.165, 1.54) is 24.3 Å². The van der Waals surface area contributed by atoms with Gasteiger partial charge in [-0.15, -0.1) is 0 Å². The molecule has 0 aliphatic heterocycles. The summed E-state index contributed by atoms with van der Waals surface area (Å²) in [5.41, 5.74) is 1.46. The molecule has 12 heteroatoms. The second kappa shape index (κ2) is 10.3. The summed E-state index contributed by atoms with van der Waals surface area (Å²) in [6.07, 6.45) is -4.74. The van der Waals surface area contributed by atoms with Gasteiger partial charge in [0.15, 0.2) is 0 Å². The molecule has 0 unspecified atom stereocenters. The van der Waals surface area contributed by atoms with Crippen LogP contribution in [0.4, 0.5) is 26.3 Å². The quantitative estimate of drug-likeness (QED) is 0.376. The molecule has 4 N–H and O–H groups in total. The highest BCUT2D eigenvalue weighted by molar-refractivity contribution is 5.84. The standard InChI is InChI=1S/C26H26F6N4O2/c1-23(2,27)13-19(21(37)36-24(14-33)11-12-24)35-20(26(30,31)32)17-5-3-15(4-6-17)16-7-9-18(10-8-16)25(28,29)22(34)38/h3-10,19-20,35H,11-13H2,1-2H3,(H2,34,38)(H,36,37)/t19-,20-/m0/s1. The largest absolute Gasteiger partial charge is 0.407 e. The second-order valence-electron chi connectivity index (χ2n) is 9.94. The van der Waals surface area contributed by atoms with Crippen molar-refractivity contribution in [2.75, 3.05) is 0 Å². The monoisotopic (exact) mass is 540 g/mol. The molecule has 6 nitrogen and oxygen atoms in total. The molecule has 1 fully saturated rings. The van der Waals surface area contributed by atoms with Gasteiger partial charge in [-0.25, -0.2) is 4.39 Å². The lowest BCUT2D eigenvalue weighted by Gasteiger charge is -2.30. The number of carbonyl (C=O) groups is 2. The maximum absolute atomic E-state index is 14.4. The number of rotatable bonds is 10. The number of carbonyl (C=O) groups excluding carboxylic acids is 2. The van der Waals surface area contributed by atoms with Crippen molar-refractivity contribution in [2.45, 2.75) is 68.5 Å². The zero-order valence-electron chi connectivity index (χ0n) is 20.5. The van der Waals surface area contributed by atoms with Gasteiger partial charge in [-0.1, -0.05) is 48.5 Å². The van der Waals surface area contributed by atoms with Crippen LogP contribution < -0.4 is 16.4 Å². The molecule has 2 aromatic rings. The molecule has 2 atom stereocenters. The van der Waals surface area contributed by atoms with Crippen LogP contribution in [0.15, 0.2) is 48.5 Å². The molecule has 204 valence electrons. The van der Waals surface area contributed by atoms with Crippen LogP contribution in [-0.4, -0.2) is 35.2 Å². The number of nitrogens with two attached hydrogens (primary N) is 1. The Labute approximate surface area is 215 Å². The Morgan fingerprint density at radius 1 is 0.974 bits per heavy atom. The molecular formula is C26H26F6N4O2. The van der Waals surface area contributed by atoms with Gasteiger partial charge in [0, 0.05) is 12.0 Å². The van der Waals surface area contributed by atoms with Gasteiger partial charge in [0.05, 0.1) is 12.1 Å². The fourth-order valence-electron chi connectivity index (χ4n) is 3.89. The molecule has 0 radical (unpaired) electrons. The van der Waals surface area contributed by atoms with Crippen molar-refractivity contribution in [3.63, 3.8) is 0 Å². The minimum Gasteiger partial charge on any atom is -0.364 e. The molecule has 0 bridgehead atoms. The Bertz CT molecular complexity index is 1210. The van der Waals surface area contributed by atoms with Crippen LogP contribution in [0, 0.1) is 11.3 Å². The summed E-state index contributed by atoms with van der Waals surface area (Å²) in [5.74, 6) is -6.60. The van der Waals surface area contributed by atoms with Gasteiger partial charge >= 0.3 is 12.1 Å². The molecule has 2 amide bonds. The molecule has 1 aliphatic carbocycles. The lowest BCUT2D eigenvalue weighted by atomic mass is 9.96. The average Bonchev–Trinajstić information content (AvgIpc) is 3.60. The van der Waals surface area contributed by atoms with Crippen molar-refractivity contribution in [1.29, 1.82) is 5.26 Å². The Hall–Kier alpha value is -3.59. The zero-order valence-corrected chi connectivity index (χ0v) is 20.5. The average molecular weight is 541 g/mol. The first-order valence-electron chi connectivity index (χ1n) is 11.6. The Kier molecular flexibility index (Phi) is 7.84. The van der Waals surface area contributed by atoms with Crippen molar-refractivity contribution in [2.24, 2.45) is 5.73 Å². The van der Waals surface area contributed by atoms with Crippen molar-refractivity contribution in [3.8, 4) is 17.2 Å². The summed E-state index contributed by atoms with van der Waals surface area (Å²) >= 11 is 0. The van der Waals surface area contributed by atoms with Crippen molar-refractivity contribution in [1.82, 2.24) is 10.6 Å². The van der Waals surface area contributed by atoms with Crippen LogP contribution in [0.1, 0.15) is 50.3 Å². The van der Waals surface area contributed by atoms with Gasteiger partial charge in [-0.3, -0.25) is 14.9 Å². The number of benzene rings is 2. The van der Waals surface area contributed by atoms with Gasteiger partial charge in [-0.2, -0.15) is 27.2 Å². The molecular weight excluding hydrogens is 514 g/mol. The highest BCUT2D eigenvalue weighted by Crippen LogP contribution is 2.37. The molecule has 1 aliphatic rings. The summed E-state index contributed by atoms with van der Waals surface area (Å²) in [6, 6.07) is 7.47. The molecule has 0 saturated heterocycles. The van der Waals surface area contributed by atoms with E-state index in [2.05, 4.69) is 10.6 Å². The van der Waals surface area contributed by atoms with Crippen molar-refractivity contribution >= 4 is 11.8 Å². The first kappa shape index (κ1) is 29.0. The number of hydrogen-bond acceptors (Lipinski definition) is 4. The lowest BCUT2D eigenvalue weighted by molar-refractivity contribution is -0.161. The van der Waals surface area contributed by atoms with E-state index in [-0.39, 0.29) is 5.56 Å². The minimum absolute atomic E-state index is 0.269. The molecule has 0 heterocycles. The molecule has 2 aromatic carbocycles. The van der Waals surface area contributed by atoms with Crippen LogP contribution in [0.3, 0.4) is 0 Å². The van der Waals surface area contributed by atoms with Crippen LogP contribution in [0.25, 0.3) is 11.1 Å². The number of halogens is 6. The Morgan fingerprint density at radius 3 is 1.87 bits per heavy atom. The van der Waals surface area contributed by atoms with Crippen molar-refractivity contribution in [3.05, 3.63) is 59.7 Å². The zero-order chi connectivity index (χ0) is 28.5. The van der Waals surface area contributed by atoms with E-state index in [1.54, 1.807) is 0 Å². The Morgan fingerprint density at radius 2 is 1.47 bits per heavy atom. The Balaban J connectivity index is 1.85. The van der Waals surface area contributed by atoms with Gasteiger partial charge in [0.1, 0.15) is 17.2 Å². The highest BCUT2D eigenvalue weighted by atomic mass is 19.4. The second-order valence-corrected chi connectivity index (χ2v) is 9.94. The van der Waals surface area contributed by atoms with E-state index < -0.39 is 59.2 Å². The summed E-state index contributed by atoms with van der Waals surface area (Å²) < 4.78 is 84.2. The first-order valence-corrected chi connectivity index (χ1v) is 11.6. The summed E-state index contributed by atoms with van der Waals surface area (Å²) in [4.78, 5) is 23.7. The third-order valence-electron chi connectivity index (χ3n) is 6.16. The van der Waals surface area contributed by atoms with Crippen molar-refractivity contribution < 1.29 is 35.9 Å². The number of nitriles is 1.